The highest BCUT2D eigenvalue weighted by atomic mass is 32.2. The second kappa shape index (κ2) is 5.64. The Balaban J connectivity index is 1.87. The van der Waals surface area contributed by atoms with Crippen LogP contribution in [-0.2, 0) is 9.59 Å². The first kappa shape index (κ1) is 15.4. The van der Waals surface area contributed by atoms with Gasteiger partial charge in [0.2, 0.25) is 5.91 Å². The van der Waals surface area contributed by atoms with Crippen LogP contribution in [0.25, 0.3) is 0 Å². The van der Waals surface area contributed by atoms with E-state index in [1.807, 2.05) is 6.92 Å². The fourth-order valence-corrected chi connectivity index (χ4v) is 4.78. The summed E-state index contributed by atoms with van der Waals surface area (Å²) >= 11 is 2.72. The van der Waals surface area contributed by atoms with Gasteiger partial charge in [-0.3, -0.25) is 4.79 Å². The van der Waals surface area contributed by atoms with E-state index in [2.05, 4.69) is 9.59 Å². The second-order valence-corrected chi connectivity index (χ2v) is 7.52. The zero-order chi connectivity index (χ0) is 16.0. The predicted molar refractivity (Wildman–Crippen MR) is 80.3 cm³/mol. The van der Waals surface area contributed by atoms with Crippen molar-refractivity contribution in [2.45, 2.75) is 30.2 Å². The number of thioether (sulfide) groups is 1. The van der Waals surface area contributed by atoms with Crippen molar-refractivity contribution in [3.8, 4) is 0 Å². The molecule has 0 spiro atoms. The molecule has 3 heterocycles. The van der Waals surface area contributed by atoms with E-state index in [-0.39, 0.29) is 23.6 Å². The summed E-state index contributed by atoms with van der Waals surface area (Å²) in [6.45, 7) is 3.49. The van der Waals surface area contributed by atoms with Gasteiger partial charge >= 0.3 is 5.97 Å². The van der Waals surface area contributed by atoms with Crippen LogP contribution in [0.3, 0.4) is 0 Å². The number of aliphatic hydroxyl groups is 1. The van der Waals surface area contributed by atoms with Crippen LogP contribution in [0.15, 0.2) is 21.7 Å². The van der Waals surface area contributed by atoms with Crippen LogP contribution in [0.2, 0.25) is 0 Å². The largest absolute Gasteiger partial charge is 0.477 e. The van der Waals surface area contributed by atoms with Gasteiger partial charge in [-0.15, -0.1) is 16.9 Å². The van der Waals surface area contributed by atoms with Crippen LogP contribution < -0.4 is 0 Å². The molecule has 0 aliphatic carbocycles. The molecule has 118 valence electrons. The number of aromatic nitrogens is 2. The van der Waals surface area contributed by atoms with E-state index < -0.39 is 18.0 Å². The summed E-state index contributed by atoms with van der Waals surface area (Å²) in [6.07, 6.45) is 0.859. The van der Waals surface area contributed by atoms with Gasteiger partial charge in [0.25, 0.3) is 0 Å². The summed E-state index contributed by atoms with van der Waals surface area (Å²) in [5, 5.41) is 23.0. The minimum atomic E-state index is -1.09. The number of rotatable bonds is 5. The summed E-state index contributed by atoms with van der Waals surface area (Å²) < 4.78 is 4.67. The van der Waals surface area contributed by atoms with Gasteiger partial charge in [0.1, 0.15) is 9.91 Å². The van der Waals surface area contributed by atoms with E-state index in [9.17, 15) is 19.8 Å². The fourth-order valence-electron chi connectivity index (χ4n) is 3.20. The minimum absolute atomic E-state index is 0.0735. The molecule has 0 saturated carbocycles. The van der Waals surface area contributed by atoms with E-state index in [0.717, 1.165) is 9.78 Å². The van der Waals surface area contributed by atoms with Crippen LogP contribution >= 0.6 is 23.3 Å². The minimum Gasteiger partial charge on any atom is -0.477 e. The second-order valence-electron chi connectivity index (χ2n) is 5.46. The monoisotopic (exact) mass is 341 g/mol. The van der Waals surface area contributed by atoms with Gasteiger partial charge < -0.3 is 15.1 Å². The number of fused-ring (bicyclic) bond motifs is 1. The number of aliphatic carboxylic acids is 1. The Labute approximate surface area is 135 Å². The lowest BCUT2D eigenvalue weighted by Crippen LogP contribution is -2.63. The van der Waals surface area contributed by atoms with Crippen molar-refractivity contribution in [3.05, 3.63) is 17.5 Å². The highest BCUT2D eigenvalue weighted by Gasteiger charge is 2.59. The Bertz CT molecular complexity index is 644. The third-order valence-corrected chi connectivity index (χ3v) is 6.11. The number of carbonyl (C=O) groups excluding carboxylic acids is 1. The summed E-state index contributed by atoms with van der Waals surface area (Å²) in [6, 6.07) is -0.256. The lowest BCUT2D eigenvalue weighted by Gasteiger charge is -2.46. The molecule has 7 nitrogen and oxygen atoms in total. The molecule has 4 atom stereocenters. The van der Waals surface area contributed by atoms with E-state index in [4.69, 9.17) is 0 Å². The average Bonchev–Trinajstić information content (AvgIpc) is 3.02. The number of nitrogens with zero attached hydrogens (tertiary/aromatic N) is 3. The Morgan fingerprint density at radius 3 is 2.86 bits per heavy atom. The maximum Gasteiger partial charge on any atom is 0.352 e. The number of carboxylic acid groups (broad SMARTS) is 1. The zero-order valence-corrected chi connectivity index (χ0v) is 13.6. The van der Waals surface area contributed by atoms with Crippen molar-refractivity contribution in [2.24, 2.45) is 11.8 Å². The maximum absolute atomic E-state index is 12.2. The SMILES string of the molecule is C[C@@H](O)[C@H]1C(=O)N2C(C(=O)O)=C(CSc3cnns3)[C@H](C)[C@H]12. The van der Waals surface area contributed by atoms with Crippen LogP contribution in [0.1, 0.15) is 13.8 Å². The molecule has 0 aromatic carbocycles. The number of β-lactam (4-membered cyclic amide) rings is 1. The van der Waals surface area contributed by atoms with Gasteiger partial charge in [0.15, 0.2) is 0 Å². The van der Waals surface area contributed by atoms with Gasteiger partial charge in [-0.25, -0.2) is 4.79 Å². The van der Waals surface area contributed by atoms with Crippen LogP contribution in [0.5, 0.6) is 0 Å². The predicted octanol–water partition coefficient (Wildman–Crippen LogP) is 0.826. The van der Waals surface area contributed by atoms with Gasteiger partial charge in [-0.05, 0) is 24.0 Å². The molecule has 1 amide bonds. The van der Waals surface area contributed by atoms with E-state index in [0.29, 0.717) is 5.75 Å². The Hall–Kier alpha value is -1.45. The molecule has 2 aliphatic rings. The van der Waals surface area contributed by atoms with Crippen molar-refractivity contribution in [1.82, 2.24) is 14.5 Å². The third kappa shape index (κ3) is 2.24. The number of carboxylic acids is 1. The average molecular weight is 341 g/mol. The summed E-state index contributed by atoms with van der Waals surface area (Å²) in [5.41, 5.74) is 0.803. The molecule has 1 saturated heterocycles. The van der Waals surface area contributed by atoms with Crippen LogP contribution in [-0.4, -0.2) is 54.5 Å². The highest BCUT2D eigenvalue weighted by molar-refractivity contribution is 8.01. The Kier molecular flexibility index (Phi) is 3.96. The number of aliphatic hydroxyl groups excluding tert-OH is 1. The number of carbonyl (C=O) groups is 2. The summed E-state index contributed by atoms with van der Waals surface area (Å²) in [4.78, 5) is 25.1. The molecular formula is C13H15N3O4S2. The van der Waals surface area contributed by atoms with Gasteiger partial charge in [0, 0.05) is 11.7 Å². The van der Waals surface area contributed by atoms with Crippen molar-refractivity contribution in [3.63, 3.8) is 0 Å². The first-order chi connectivity index (χ1) is 10.4. The first-order valence-electron chi connectivity index (χ1n) is 6.81. The van der Waals surface area contributed by atoms with E-state index in [1.165, 1.54) is 28.2 Å². The molecule has 0 unspecified atom stereocenters. The maximum atomic E-state index is 12.2. The van der Waals surface area contributed by atoms with Crippen LogP contribution in [0.4, 0.5) is 0 Å². The van der Waals surface area contributed by atoms with Crippen LogP contribution in [0, 0.1) is 11.8 Å². The Morgan fingerprint density at radius 2 is 2.32 bits per heavy atom. The normalized spacial score (nSPS) is 28.6. The van der Waals surface area contributed by atoms with Crippen molar-refractivity contribution >= 4 is 35.2 Å². The molecule has 22 heavy (non-hydrogen) atoms. The smallest absolute Gasteiger partial charge is 0.352 e. The van der Waals surface area contributed by atoms with Crippen molar-refractivity contribution < 1.29 is 19.8 Å². The molecule has 0 bridgehead atoms. The summed E-state index contributed by atoms with van der Waals surface area (Å²) in [7, 11) is 0. The Morgan fingerprint density at radius 1 is 1.59 bits per heavy atom. The topological polar surface area (TPSA) is 104 Å². The molecule has 1 aromatic rings. The lowest BCUT2D eigenvalue weighted by atomic mass is 9.78. The summed E-state index contributed by atoms with van der Waals surface area (Å²) in [5.74, 6) is -1.53. The molecule has 1 fully saturated rings. The van der Waals surface area contributed by atoms with Gasteiger partial charge in [-0.1, -0.05) is 11.4 Å². The molecule has 1 aromatic heterocycles. The molecular weight excluding hydrogens is 326 g/mol. The standard InChI is InChI=1S/C13H15N3O4S2/c1-5-7(4-21-8-3-14-15-22-8)11(13(19)20)16-10(5)9(6(2)17)12(16)18/h3,5-6,9-10,17H,4H2,1-2H3,(H,19,20)/t5-,6+,9+,10+/m0/s1. The van der Waals surface area contributed by atoms with Crippen molar-refractivity contribution in [1.29, 1.82) is 0 Å². The first-order valence-corrected chi connectivity index (χ1v) is 8.57. The number of amides is 1. The van der Waals surface area contributed by atoms with E-state index in [1.54, 1.807) is 13.1 Å². The van der Waals surface area contributed by atoms with Gasteiger partial charge in [0.05, 0.1) is 24.3 Å². The third-order valence-electron chi connectivity index (χ3n) is 4.23. The number of hydrogen-bond donors (Lipinski definition) is 2. The van der Waals surface area contributed by atoms with E-state index >= 15 is 0 Å². The molecule has 9 heteroatoms. The van der Waals surface area contributed by atoms with Crippen molar-refractivity contribution in [2.75, 3.05) is 5.75 Å². The fraction of sp³-hybridized carbons (Fsp3) is 0.538. The zero-order valence-electron chi connectivity index (χ0n) is 12.0. The molecule has 3 rings (SSSR count). The van der Waals surface area contributed by atoms with Gasteiger partial charge in [-0.2, -0.15) is 0 Å². The highest BCUT2D eigenvalue weighted by Crippen LogP contribution is 2.48. The molecule has 2 aliphatic heterocycles. The lowest BCUT2D eigenvalue weighted by molar-refractivity contribution is -0.163. The quantitative estimate of drug-likeness (QED) is 0.604. The molecule has 2 N–H and O–H groups in total. The number of hydrogen-bond acceptors (Lipinski definition) is 7. The molecule has 0 radical (unpaired) electrons.